The maximum absolute atomic E-state index is 5.96. The zero-order chi connectivity index (χ0) is 17.1. The molecule has 0 radical (unpaired) electrons. The molecule has 4 nitrogen and oxygen atoms in total. The van der Waals surface area contributed by atoms with Gasteiger partial charge in [0.05, 0.1) is 39.6 Å². The smallest absolute Gasteiger partial charge is 0.125 e. The minimum Gasteiger partial charge on any atom is -0.379 e. The van der Waals surface area contributed by atoms with Crippen LogP contribution in [0.3, 0.4) is 0 Å². The number of ether oxygens (including phenoxy) is 3. The topological polar surface area (TPSA) is 30.9 Å². The summed E-state index contributed by atoms with van der Waals surface area (Å²) in [5.41, 5.74) is 0.781. The van der Waals surface area contributed by atoms with Crippen LogP contribution in [-0.4, -0.2) is 56.6 Å². The average molecular weight is 368 g/mol. The first kappa shape index (κ1) is 22.0. The minimum atomic E-state index is -0.400. The molecule has 0 aromatic heterocycles. The summed E-state index contributed by atoms with van der Waals surface area (Å²) < 4.78 is 17.0. The van der Waals surface area contributed by atoms with E-state index in [-0.39, 0.29) is 12.4 Å². The molecule has 1 aromatic carbocycles. The van der Waals surface area contributed by atoms with Crippen LogP contribution in [0.1, 0.15) is 25.8 Å². The number of halogens is 1. The van der Waals surface area contributed by atoms with Crippen LogP contribution >= 0.6 is 12.4 Å². The Hall–Kier alpha value is -1.09. The van der Waals surface area contributed by atoms with Gasteiger partial charge in [0.25, 0.3) is 0 Å². The lowest BCUT2D eigenvalue weighted by Crippen LogP contribution is -2.36. The second-order valence-electron chi connectivity index (χ2n) is 6.16. The van der Waals surface area contributed by atoms with Crippen molar-refractivity contribution >= 4 is 12.4 Å². The van der Waals surface area contributed by atoms with Crippen molar-refractivity contribution in [1.82, 2.24) is 4.90 Å². The van der Waals surface area contributed by atoms with Crippen molar-refractivity contribution in [2.75, 3.05) is 46.1 Å². The Labute approximate surface area is 158 Å². The van der Waals surface area contributed by atoms with Crippen molar-refractivity contribution < 1.29 is 14.2 Å². The van der Waals surface area contributed by atoms with Crippen molar-refractivity contribution in [2.45, 2.75) is 32.5 Å². The fourth-order valence-corrected chi connectivity index (χ4v) is 2.41. The molecule has 5 heteroatoms. The molecule has 0 N–H and O–H groups in total. The molecule has 2 rings (SSSR count). The lowest BCUT2D eigenvalue weighted by molar-refractivity contribution is -0.0281. The van der Waals surface area contributed by atoms with Gasteiger partial charge in [-0.3, -0.25) is 4.90 Å². The second kappa shape index (κ2) is 12.3. The van der Waals surface area contributed by atoms with Crippen molar-refractivity contribution in [3.05, 3.63) is 35.9 Å². The van der Waals surface area contributed by atoms with Gasteiger partial charge in [-0.2, -0.15) is 0 Å². The summed E-state index contributed by atoms with van der Waals surface area (Å²) in [7, 11) is 0. The first-order valence-electron chi connectivity index (χ1n) is 8.77. The number of benzene rings is 1. The van der Waals surface area contributed by atoms with Crippen LogP contribution in [-0.2, 0) is 20.8 Å². The first-order valence-corrected chi connectivity index (χ1v) is 8.77. The Balaban J connectivity index is 0.00000312. The molecule has 25 heavy (non-hydrogen) atoms. The molecule has 1 fully saturated rings. The zero-order valence-electron chi connectivity index (χ0n) is 15.3. The van der Waals surface area contributed by atoms with Crippen LogP contribution in [0.5, 0.6) is 0 Å². The predicted octanol–water partition coefficient (Wildman–Crippen LogP) is 3.15. The summed E-state index contributed by atoms with van der Waals surface area (Å²) in [5, 5.41) is 0. The molecule has 0 spiro atoms. The maximum Gasteiger partial charge on any atom is 0.125 e. The van der Waals surface area contributed by atoms with Crippen LogP contribution < -0.4 is 0 Å². The van der Waals surface area contributed by atoms with Crippen LogP contribution in [0.2, 0.25) is 0 Å². The highest BCUT2D eigenvalue weighted by molar-refractivity contribution is 5.85. The molecule has 140 valence electrons. The average Bonchev–Trinajstić information content (AvgIpc) is 2.63. The standard InChI is InChI=1S/C20H29NO3.ClH/c1-3-20(2,10-7-11-21-12-14-22-15-13-21)24-17-16-23-18-19-8-5-4-6-9-19;/h4-6,8-9H,3,11-18H2,1-2H3;1H. The zero-order valence-corrected chi connectivity index (χ0v) is 16.1. The van der Waals surface area contributed by atoms with Gasteiger partial charge in [0.15, 0.2) is 0 Å². The number of hydrogen-bond acceptors (Lipinski definition) is 4. The van der Waals surface area contributed by atoms with E-state index in [2.05, 4.69) is 42.7 Å². The SMILES string of the molecule is CCC(C)(C#CCN1CCOCC1)OCCOCc1ccccc1.Cl. The molecule has 1 aliphatic rings. The number of nitrogens with zero attached hydrogens (tertiary/aromatic N) is 1. The Bertz CT molecular complexity index is 523. The number of rotatable bonds is 8. The second-order valence-corrected chi connectivity index (χ2v) is 6.16. The fourth-order valence-electron chi connectivity index (χ4n) is 2.41. The van der Waals surface area contributed by atoms with Gasteiger partial charge in [0, 0.05) is 13.1 Å². The molecule has 1 heterocycles. The molecular weight excluding hydrogens is 338 g/mol. The minimum absolute atomic E-state index is 0. The van der Waals surface area contributed by atoms with Gasteiger partial charge in [-0.1, -0.05) is 49.1 Å². The van der Waals surface area contributed by atoms with Crippen molar-refractivity contribution in [1.29, 1.82) is 0 Å². The van der Waals surface area contributed by atoms with E-state index >= 15 is 0 Å². The van der Waals surface area contributed by atoms with E-state index in [0.29, 0.717) is 19.8 Å². The first-order chi connectivity index (χ1) is 11.7. The Morgan fingerprint density at radius 3 is 2.56 bits per heavy atom. The van der Waals surface area contributed by atoms with Crippen LogP contribution in [0.25, 0.3) is 0 Å². The van der Waals surface area contributed by atoms with Gasteiger partial charge in [-0.15, -0.1) is 12.4 Å². The fraction of sp³-hybridized carbons (Fsp3) is 0.600. The van der Waals surface area contributed by atoms with Gasteiger partial charge in [0.2, 0.25) is 0 Å². The van der Waals surface area contributed by atoms with Crippen LogP contribution in [0.15, 0.2) is 30.3 Å². The highest BCUT2D eigenvalue weighted by Crippen LogP contribution is 2.13. The van der Waals surface area contributed by atoms with E-state index in [4.69, 9.17) is 14.2 Å². The molecule has 0 bridgehead atoms. The molecule has 0 aliphatic carbocycles. The Kier molecular flexibility index (Phi) is 10.8. The molecule has 1 atom stereocenters. The Morgan fingerprint density at radius 2 is 1.88 bits per heavy atom. The molecule has 0 amide bonds. The summed E-state index contributed by atoms with van der Waals surface area (Å²) in [4.78, 5) is 2.32. The number of morpholine rings is 1. The van der Waals surface area contributed by atoms with Crippen molar-refractivity contribution in [3.8, 4) is 11.8 Å². The van der Waals surface area contributed by atoms with E-state index < -0.39 is 5.60 Å². The van der Waals surface area contributed by atoms with Gasteiger partial charge >= 0.3 is 0 Å². The summed E-state index contributed by atoms with van der Waals surface area (Å²) in [5.74, 6) is 6.56. The van der Waals surface area contributed by atoms with E-state index in [1.54, 1.807) is 0 Å². The highest BCUT2D eigenvalue weighted by atomic mass is 35.5. The predicted molar refractivity (Wildman–Crippen MR) is 103 cm³/mol. The number of hydrogen-bond donors (Lipinski definition) is 0. The van der Waals surface area contributed by atoms with E-state index in [0.717, 1.165) is 39.3 Å². The van der Waals surface area contributed by atoms with Gasteiger partial charge in [0.1, 0.15) is 5.60 Å². The maximum atomic E-state index is 5.96. The largest absolute Gasteiger partial charge is 0.379 e. The third-order valence-electron chi connectivity index (χ3n) is 4.19. The van der Waals surface area contributed by atoms with Gasteiger partial charge in [-0.25, -0.2) is 0 Å². The molecular formula is C20H30ClNO3. The van der Waals surface area contributed by atoms with Crippen LogP contribution in [0, 0.1) is 11.8 Å². The molecule has 1 aliphatic heterocycles. The monoisotopic (exact) mass is 367 g/mol. The van der Waals surface area contributed by atoms with Crippen LogP contribution in [0.4, 0.5) is 0 Å². The van der Waals surface area contributed by atoms with E-state index in [9.17, 15) is 0 Å². The normalized spacial score (nSPS) is 17.0. The summed E-state index contributed by atoms with van der Waals surface area (Å²) in [6.45, 7) is 10.2. The third kappa shape index (κ3) is 8.71. The lowest BCUT2D eigenvalue weighted by Gasteiger charge is -2.25. The van der Waals surface area contributed by atoms with E-state index in [1.807, 2.05) is 18.2 Å². The lowest BCUT2D eigenvalue weighted by atomic mass is 10.0. The van der Waals surface area contributed by atoms with E-state index in [1.165, 1.54) is 5.56 Å². The third-order valence-corrected chi connectivity index (χ3v) is 4.19. The van der Waals surface area contributed by atoms with Crippen molar-refractivity contribution in [3.63, 3.8) is 0 Å². The molecule has 1 saturated heterocycles. The Morgan fingerprint density at radius 1 is 1.16 bits per heavy atom. The molecule has 1 unspecified atom stereocenters. The highest BCUT2D eigenvalue weighted by Gasteiger charge is 2.19. The van der Waals surface area contributed by atoms with Gasteiger partial charge in [-0.05, 0) is 18.9 Å². The van der Waals surface area contributed by atoms with Gasteiger partial charge < -0.3 is 14.2 Å². The molecule has 1 aromatic rings. The quantitative estimate of drug-likeness (QED) is 0.521. The molecule has 0 saturated carbocycles. The summed E-state index contributed by atoms with van der Waals surface area (Å²) in [6.07, 6.45) is 0.863. The summed E-state index contributed by atoms with van der Waals surface area (Å²) in [6, 6.07) is 10.2. The summed E-state index contributed by atoms with van der Waals surface area (Å²) >= 11 is 0. The van der Waals surface area contributed by atoms with Crippen molar-refractivity contribution in [2.24, 2.45) is 0 Å².